The molecule has 4 heteroatoms. The molecule has 0 radical (unpaired) electrons. The van der Waals surface area contributed by atoms with Gasteiger partial charge in [-0.25, -0.2) is 0 Å². The number of nitrogens with zero attached hydrogens (tertiary/aromatic N) is 2. The van der Waals surface area contributed by atoms with Gasteiger partial charge in [-0.05, 0) is 58.5 Å². The van der Waals surface area contributed by atoms with Gasteiger partial charge in [0.15, 0.2) is 0 Å². The van der Waals surface area contributed by atoms with E-state index in [1.54, 1.807) is 0 Å². The summed E-state index contributed by atoms with van der Waals surface area (Å²) in [6.07, 6.45) is 5.12. The summed E-state index contributed by atoms with van der Waals surface area (Å²) in [5.74, 6) is 1.56. The molecule has 1 N–H and O–H groups in total. The first kappa shape index (κ1) is 13.9. The van der Waals surface area contributed by atoms with E-state index in [1.807, 2.05) is 14.0 Å². The topological polar surface area (TPSA) is 29.9 Å². The molecule has 2 rings (SSSR count). The molecule has 1 saturated carbocycles. The molecule has 1 aromatic heterocycles. The Morgan fingerprint density at radius 1 is 1.39 bits per heavy atom. The van der Waals surface area contributed by atoms with Crippen LogP contribution in [0, 0.1) is 18.8 Å². The Hall–Kier alpha value is -0.540. The second-order valence-corrected chi connectivity index (χ2v) is 5.75. The van der Waals surface area contributed by atoms with Crippen LogP contribution >= 0.6 is 11.6 Å². The van der Waals surface area contributed by atoms with Crippen molar-refractivity contribution in [2.24, 2.45) is 11.8 Å². The van der Waals surface area contributed by atoms with Gasteiger partial charge >= 0.3 is 0 Å². The molecule has 0 spiro atoms. The third kappa shape index (κ3) is 2.72. The van der Waals surface area contributed by atoms with Crippen LogP contribution in [0.4, 0.5) is 0 Å². The van der Waals surface area contributed by atoms with Crippen LogP contribution in [0.25, 0.3) is 0 Å². The minimum atomic E-state index is 0.761. The molecule has 0 bridgehead atoms. The van der Waals surface area contributed by atoms with Gasteiger partial charge in [-0.2, -0.15) is 5.10 Å². The van der Waals surface area contributed by atoms with E-state index in [4.69, 9.17) is 11.6 Å². The fourth-order valence-electron chi connectivity index (χ4n) is 3.23. The first-order valence-electron chi connectivity index (χ1n) is 7.03. The molecule has 0 saturated heterocycles. The largest absolute Gasteiger partial charge is 0.319 e. The number of hydrogen-bond donors (Lipinski definition) is 1. The molecule has 1 aromatic rings. The molecular weight excluding hydrogens is 246 g/mol. The number of aryl methyl sites for hydroxylation is 2. The van der Waals surface area contributed by atoms with E-state index >= 15 is 0 Å². The van der Waals surface area contributed by atoms with Crippen LogP contribution in [0.5, 0.6) is 0 Å². The highest BCUT2D eigenvalue weighted by Crippen LogP contribution is 2.35. The zero-order valence-corrected chi connectivity index (χ0v) is 12.4. The lowest BCUT2D eigenvalue weighted by Gasteiger charge is -2.19. The average molecular weight is 270 g/mol. The maximum absolute atomic E-state index is 6.40. The van der Waals surface area contributed by atoms with Gasteiger partial charge in [-0.1, -0.05) is 18.0 Å². The maximum atomic E-state index is 6.40. The molecule has 1 aliphatic rings. The third-order valence-corrected chi connectivity index (χ3v) is 4.68. The molecule has 3 nitrogen and oxygen atoms in total. The Morgan fingerprint density at radius 2 is 2.11 bits per heavy atom. The summed E-state index contributed by atoms with van der Waals surface area (Å²) in [5, 5.41) is 8.71. The number of halogens is 1. The molecular formula is C14H24ClN3. The second-order valence-electron chi connectivity index (χ2n) is 5.37. The zero-order valence-electron chi connectivity index (χ0n) is 11.7. The van der Waals surface area contributed by atoms with Gasteiger partial charge in [-0.3, -0.25) is 4.68 Å². The lowest BCUT2D eigenvalue weighted by atomic mass is 9.91. The summed E-state index contributed by atoms with van der Waals surface area (Å²) in [5.41, 5.74) is 2.21. The Kier molecular flexibility index (Phi) is 4.68. The summed E-state index contributed by atoms with van der Waals surface area (Å²) >= 11 is 6.40. The quantitative estimate of drug-likeness (QED) is 0.890. The van der Waals surface area contributed by atoms with Gasteiger partial charge in [0.2, 0.25) is 0 Å². The van der Waals surface area contributed by atoms with Crippen LogP contribution in [0.15, 0.2) is 0 Å². The van der Waals surface area contributed by atoms with Crippen molar-refractivity contribution in [1.29, 1.82) is 0 Å². The standard InChI is InChI=1S/C14H24ClN3/c1-4-18-13(14(15)10(2)17-18)8-11-6-5-7-12(11)9-16-3/h11-12,16H,4-9H2,1-3H3. The SMILES string of the molecule is CCn1nc(C)c(Cl)c1CC1CCCC1CNC. The predicted molar refractivity (Wildman–Crippen MR) is 76.1 cm³/mol. The molecule has 0 amide bonds. The van der Waals surface area contributed by atoms with E-state index in [9.17, 15) is 0 Å². The Labute approximate surface area is 115 Å². The van der Waals surface area contributed by atoms with Crippen molar-refractivity contribution >= 4 is 11.6 Å². The van der Waals surface area contributed by atoms with Crippen molar-refractivity contribution in [2.45, 2.75) is 46.1 Å². The van der Waals surface area contributed by atoms with E-state index in [-0.39, 0.29) is 0 Å². The molecule has 1 fully saturated rings. The van der Waals surface area contributed by atoms with Crippen LogP contribution < -0.4 is 5.32 Å². The first-order valence-corrected chi connectivity index (χ1v) is 7.41. The van der Waals surface area contributed by atoms with E-state index < -0.39 is 0 Å². The van der Waals surface area contributed by atoms with Crippen LogP contribution in [-0.4, -0.2) is 23.4 Å². The zero-order chi connectivity index (χ0) is 13.1. The molecule has 2 unspecified atom stereocenters. The molecule has 1 heterocycles. The molecule has 18 heavy (non-hydrogen) atoms. The summed E-state index contributed by atoms with van der Waals surface area (Å²) in [6, 6.07) is 0. The predicted octanol–water partition coefficient (Wildman–Crippen LogP) is 3.04. The van der Waals surface area contributed by atoms with E-state index in [1.165, 1.54) is 25.0 Å². The van der Waals surface area contributed by atoms with Gasteiger partial charge in [0.1, 0.15) is 0 Å². The highest BCUT2D eigenvalue weighted by molar-refractivity contribution is 6.31. The van der Waals surface area contributed by atoms with Gasteiger partial charge in [0.05, 0.1) is 16.4 Å². The smallest absolute Gasteiger partial charge is 0.0847 e. The first-order chi connectivity index (χ1) is 8.67. The normalized spacial score (nSPS) is 23.8. The Morgan fingerprint density at radius 3 is 2.78 bits per heavy atom. The summed E-state index contributed by atoms with van der Waals surface area (Å²) in [4.78, 5) is 0. The fraction of sp³-hybridized carbons (Fsp3) is 0.786. The maximum Gasteiger partial charge on any atom is 0.0847 e. The second kappa shape index (κ2) is 6.07. The van der Waals surface area contributed by atoms with Crippen molar-refractivity contribution in [1.82, 2.24) is 15.1 Å². The number of aromatic nitrogens is 2. The van der Waals surface area contributed by atoms with Crippen molar-refractivity contribution in [3.63, 3.8) is 0 Å². The van der Waals surface area contributed by atoms with Crippen LogP contribution in [0.3, 0.4) is 0 Å². The average Bonchev–Trinajstić information content (AvgIpc) is 2.90. The van der Waals surface area contributed by atoms with Crippen LogP contribution in [0.2, 0.25) is 5.02 Å². The summed E-state index contributed by atoms with van der Waals surface area (Å²) in [7, 11) is 2.04. The van der Waals surface area contributed by atoms with E-state index in [2.05, 4.69) is 22.0 Å². The van der Waals surface area contributed by atoms with Gasteiger partial charge < -0.3 is 5.32 Å². The highest BCUT2D eigenvalue weighted by Gasteiger charge is 2.28. The molecule has 2 atom stereocenters. The lowest BCUT2D eigenvalue weighted by Crippen LogP contribution is -2.24. The fourth-order valence-corrected chi connectivity index (χ4v) is 3.44. The van der Waals surface area contributed by atoms with Gasteiger partial charge in [-0.15, -0.1) is 0 Å². The Bertz CT molecular complexity index is 400. The van der Waals surface area contributed by atoms with Gasteiger partial charge in [0.25, 0.3) is 0 Å². The molecule has 102 valence electrons. The Balaban J connectivity index is 2.13. The van der Waals surface area contributed by atoms with Crippen LogP contribution in [0.1, 0.15) is 37.6 Å². The van der Waals surface area contributed by atoms with Crippen molar-refractivity contribution < 1.29 is 0 Å². The summed E-state index contributed by atoms with van der Waals surface area (Å²) < 4.78 is 2.08. The molecule has 1 aliphatic carbocycles. The van der Waals surface area contributed by atoms with E-state index in [0.29, 0.717) is 0 Å². The highest BCUT2D eigenvalue weighted by atomic mass is 35.5. The van der Waals surface area contributed by atoms with Crippen molar-refractivity contribution in [3.8, 4) is 0 Å². The van der Waals surface area contributed by atoms with E-state index in [0.717, 1.165) is 42.1 Å². The third-order valence-electron chi connectivity index (χ3n) is 4.19. The molecule has 0 aliphatic heterocycles. The number of nitrogens with one attached hydrogen (secondary N) is 1. The monoisotopic (exact) mass is 269 g/mol. The minimum absolute atomic E-state index is 0.761. The van der Waals surface area contributed by atoms with Gasteiger partial charge in [0, 0.05) is 6.54 Å². The van der Waals surface area contributed by atoms with Crippen LogP contribution in [-0.2, 0) is 13.0 Å². The summed E-state index contributed by atoms with van der Waals surface area (Å²) in [6.45, 7) is 6.16. The van der Waals surface area contributed by atoms with Crippen molar-refractivity contribution in [3.05, 3.63) is 16.4 Å². The molecule has 0 aromatic carbocycles. The minimum Gasteiger partial charge on any atom is -0.319 e. The number of hydrogen-bond acceptors (Lipinski definition) is 2. The van der Waals surface area contributed by atoms with Crippen molar-refractivity contribution in [2.75, 3.05) is 13.6 Å². The lowest BCUT2D eigenvalue weighted by molar-refractivity contribution is 0.366. The number of rotatable bonds is 5.